The Labute approximate surface area is 115 Å². The number of ether oxygens (including phenoxy) is 1. The van der Waals surface area contributed by atoms with Gasteiger partial charge in [0.1, 0.15) is 11.3 Å². The van der Waals surface area contributed by atoms with Gasteiger partial charge in [-0.2, -0.15) is 0 Å². The number of anilines is 1. The van der Waals surface area contributed by atoms with Gasteiger partial charge in [-0.05, 0) is 26.0 Å². The Morgan fingerprint density at radius 3 is 2.70 bits per heavy atom. The predicted octanol–water partition coefficient (Wildman–Crippen LogP) is 1.94. The molecule has 0 bridgehead atoms. The second-order valence-corrected chi connectivity index (χ2v) is 4.22. The quantitative estimate of drug-likeness (QED) is 0.926. The fraction of sp³-hybridized carbons (Fsp3) is 0.286. The van der Waals surface area contributed by atoms with Gasteiger partial charge in [-0.3, -0.25) is 4.79 Å². The minimum Gasteiger partial charge on any atom is -0.492 e. The van der Waals surface area contributed by atoms with Crippen LogP contribution in [0.15, 0.2) is 33.6 Å². The molecule has 1 aromatic carbocycles. The van der Waals surface area contributed by atoms with Gasteiger partial charge in [-0.1, -0.05) is 12.1 Å². The SMILES string of the molecule is CCOc1ccccc1NC(=O)c1c(C)n(C)oc1=O. The molecule has 6 heteroatoms. The van der Waals surface area contributed by atoms with Crippen molar-refractivity contribution in [2.75, 3.05) is 11.9 Å². The van der Waals surface area contributed by atoms with E-state index in [-0.39, 0.29) is 5.56 Å². The zero-order chi connectivity index (χ0) is 14.7. The van der Waals surface area contributed by atoms with E-state index in [1.165, 1.54) is 4.74 Å². The third-order valence-electron chi connectivity index (χ3n) is 2.92. The zero-order valence-corrected chi connectivity index (χ0v) is 11.6. The van der Waals surface area contributed by atoms with Crippen LogP contribution >= 0.6 is 0 Å². The van der Waals surface area contributed by atoms with Crippen molar-refractivity contribution >= 4 is 11.6 Å². The van der Waals surface area contributed by atoms with Crippen molar-refractivity contribution in [2.24, 2.45) is 7.05 Å². The molecule has 1 N–H and O–H groups in total. The summed E-state index contributed by atoms with van der Waals surface area (Å²) in [5.41, 5.74) is 0.332. The van der Waals surface area contributed by atoms with Crippen LogP contribution in [0.1, 0.15) is 23.0 Å². The molecule has 1 amide bonds. The average Bonchev–Trinajstić information content (AvgIpc) is 2.66. The second-order valence-electron chi connectivity index (χ2n) is 4.22. The highest BCUT2D eigenvalue weighted by molar-refractivity contribution is 6.05. The number of carbonyl (C=O) groups is 1. The summed E-state index contributed by atoms with van der Waals surface area (Å²) >= 11 is 0. The first-order valence-electron chi connectivity index (χ1n) is 6.24. The smallest absolute Gasteiger partial charge is 0.370 e. The summed E-state index contributed by atoms with van der Waals surface area (Å²) in [6.45, 7) is 3.99. The van der Waals surface area contributed by atoms with Gasteiger partial charge in [0.2, 0.25) is 0 Å². The van der Waals surface area contributed by atoms with Crippen molar-refractivity contribution in [2.45, 2.75) is 13.8 Å². The van der Waals surface area contributed by atoms with E-state index >= 15 is 0 Å². The first-order chi connectivity index (χ1) is 9.54. The number of rotatable bonds is 4. The Morgan fingerprint density at radius 1 is 1.40 bits per heavy atom. The highest BCUT2D eigenvalue weighted by atomic mass is 16.5. The van der Waals surface area contributed by atoms with Crippen LogP contribution in [0.25, 0.3) is 0 Å². The molecule has 0 aliphatic rings. The standard InChI is InChI=1S/C14H16N2O4/c1-4-19-11-8-6-5-7-10(11)15-13(17)12-9(2)16(3)20-14(12)18/h5-8H,4H2,1-3H3,(H,15,17). The van der Waals surface area contributed by atoms with Crippen LogP contribution in [0.4, 0.5) is 5.69 Å². The van der Waals surface area contributed by atoms with Gasteiger partial charge in [-0.15, -0.1) is 0 Å². The van der Waals surface area contributed by atoms with Crippen molar-refractivity contribution in [3.63, 3.8) is 0 Å². The molecule has 0 unspecified atom stereocenters. The van der Waals surface area contributed by atoms with Crippen LogP contribution in [0.5, 0.6) is 5.75 Å². The number of aryl methyl sites for hydroxylation is 1. The summed E-state index contributed by atoms with van der Waals surface area (Å²) in [4.78, 5) is 23.8. The van der Waals surface area contributed by atoms with Crippen molar-refractivity contribution in [3.8, 4) is 5.75 Å². The van der Waals surface area contributed by atoms with E-state index in [1.807, 2.05) is 13.0 Å². The minimum atomic E-state index is -0.656. The lowest BCUT2D eigenvalue weighted by atomic mass is 10.2. The van der Waals surface area contributed by atoms with Gasteiger partial charge in [0.25, 0.3) is 5.91 Å². The topological polar surface area (TPSA) is 73.5 Å². The fourth-order valence-electron chi connectivity index (χ4n) is 1.84. The van der Waals surface area contributed by atoms with E-state index in [0.29, 0.717) is 23.7 Å². The molecule has 2 aromatic rings. The number of nitrogens with one attached hydrogen (secondary N) is 1. The van der Waals surface area contributed by atoms with Crippen LogP contribution in [0, 0.1) is 6.92 Å². The summed E-state index contributed by atoms with van der Waals surface area (Å²) in [6, 6.07) is 7.05. The van der Waals surface area contributed by atoms with E-state index in [0.717, 1.165) is 0 Å². The molecular weight excluding hydrogens is 260 g/mol. The van der Waals surface area contributed by atoms with Gasteiger partial charge in [0.15, 0.2) is 0 Å². The molecule has 0 saturated carbocycles. The van der Waals surface area contributed by atoms with Crippen molar-refractivity contribution in [3.05, 3.63) is 45.9 Å². The molecule has 0 aliphatic carbocycles. The first-order valence-corrected chi connectivity index (χ1v) is 6.24. The number of para-hydroxylation sites is 2. The summed E-state index contributed by atoms with van der Waals surface area (Å²) in [5.74, 6) is 0.0466. The maximum Gasteiger partial charge on any atom is 0.370 e. The van der Waals surface area contributed by atoms with Crippen LogP contribution in [-0.2, 0) is 7.05 Å². The second kappa shape index (κ2) is 5.64. The van der Waals surface area contributed by atoms with Crippen molar-refractivity contribution in [1.29, 1.82) is 0 Å². The minimum absolute atomic E-state index is 0.00111. The van der Waals surface area contributed by atoms with Gasteiger partial charge >= 0.3 is 5.63 Å². The molecular formula is C14H16N2O4. The van der Waals surface area contributed by atoms with Gasteiger partial charge in [0, 0.05) is 7.05 Å². The van der Waals surface area contributed by atoms with Gasteiger partial charge in [-0.25, -0.2) is 9.53 Å². The molecule has 1 aromatic heterocycles. The van der Waals surface area contributed by atoms with E-state index in [4.69, 9.17) is 9.26 Å². The summed E-state index contributed by atoms with van der Waals surface area (Å²) in [6.07, 6.45) is 0. The van der Waals surface area contributed by atoms with Crippen molar-refractivity contribution in [1.82, 2.24) is 4.74 Å². The fourth-order valence-corrected chi connectivity index (χ4v) is 1.84. The molecule has 106 valence electrons. The molecule has 2 rings (SSSR count). The largest absolute Gasteiger partial charge is 0.492 e. The Balaban J connectivity index is 2.31. The zero-order valence-electron chi connectivity index (χ0n) is 11.6. The number of aromatic nitrogens is 1. The number of hydrogen-bond donors (Lipinski definition) is 1. The maximum absolute atomic E-state index is 12.2. The summed E-state index contributed by atoms with van der Waals surface area (Å²) < 4.78 is 11.5. The van der Waals surface area contributed by atoms with E-state index in [9.17, 15) is 9.59 Å². The number of hydrogen-bond acceptors (Lipinski definition) is 4. The van der Waals surface area contributed by atoms with Crippen molar-refractivity contribution < 1.29 is 14.1 Å². The lowest BCUT2D eigenvalue weighted by molar-refractivity contribution is 0.102. The van der Waals surface area contributed by atoms with Crippen LogP contribution < -0.4 is 15.7 Å². The Kier molecular flexibility index (Phi) is 3.93. The molecule has 20 heavy (non-hydrogen) atoms. The molecule has 0 saturated heterocycles. The number of amides is 1. The monoisotopic (exact) mass is 276 g/mol. The molecule has 0 aliphatic heterocycles. The Morgan fingerprint density at radius 2 is 2.10 bits per heavy atom. The molecule has 0 fully saturated rings. The van der Waals surface area contributed by atoms with Gasteiger partial charge in [0.05, 0.1) is 18.0 Å². The summed E-state index contributed by atoms with van der Waals surface area (Å²) in [7, 11) is 1.57. The van der Waals surface area contributed by atoms with Gasteiger partial charge < -0.3 is 14.6 Å². The van der Waals surface area contributed by atoms with Crippen LogP contribution in [0.2, 0.25) is 0 Å². The normalized spacial score (nSPS) is 10.3. The Hall–Kier alpha value is -2.50. The lowest BCUT2D eigenvalue weighted by Crippen LogP contribution is -2.19. The lowest BCUT2D eigenvalue weighted by Gasteiger charge is -2.10. The van der Waals surface area contributed by atoms with E-state index in [1.54, 1.807) is 32.2 Å². The maximum atomic E-state index is 12.2. The molecule has 0 spiro atoms. The third-order valence-corrected chi connectivity index (χ3v) is 2.92. The predicted molar refractivity (Wildman–Crippen MR) is 74.3 cm³/mol. The van der Waals surface area contributed by atoms with Crippen LogP contribution in [-0.4, -0.2) is 17.3 Å². The number of benzene rings is 1. The molecule has 6 nitrogen and oxygen atoms in total. The highest BCUT2D eigenvalue weighted by Gasteiger charge is 2.20. The highest BCUT2D eigenvalue weighted by Crippen LogP contribution is 2.24. The molecule has 0 radical (unpaired) electrons. The molecule has 1 heterocycles. The van der Waals surface area contributed by atoms with E-state index < -0.39 is 11.5 Å². The van der Waals surface area contributed by atoms with Crippen LogP contribution in [0.3, 0.4) is 0 Å². The summed E-state index contributed by atoms with van der Waals surface area (Å²) in [5, 5.41) is 2.67. The Bertz CT molecular complexity index is 685. The molecule has 0 atom stereocenters. The third kappa shape index (κ3) is 2.59. The average molecular weight is 276 g/mol. The van der Waals surface area contributed by atoms with E-state index in [2.05, 4.69) is 5.32 Å². The number of nitrogens with zero attached hydrogens (tertiary/aromatic N) is 1. The number of carbonyl (C=O) groups excluding carboxylic acids is 1. The first kappa shape index (κ1) is 13.9.